The minimum absolute atomic E-state index is 0.201. The Bertz CT molecular complexity index is 616. The van der Waals surface area contributed by atoms with Crippen molar-refractivity contribution in [1.82, 2.24) is 0 Å². The van der Waals surface area contributed by atoms with Crippen LogP contribution in [0, 0.1) is 0 Å². The summed E-state index contributed by atoms with van der Waals surface area (Å²) >= 11 is 0. The molecule has 4 aliphatic rings. The largest absolute Gasteiger partial charge is 0.344 e. The maximum absolute atomic E-state index is 6.13. The highest BCUT2D eigenvalue weighted by Crippen LogP contribution is 2.53. The fraction of sp³-hybridized carbons (Fsp3) is 0.700. The Labute approximate surface area is 158 Å². The van der Waals surface area contributed by atoms with Crippen molar-refractivity contribution < 1.29 is 18.9 Å². The predicted octanol–water partition coefficient (Wildman–Crippen LogP) is 2.97. The number of rotatable bonds is 2. The first-order valence-corrected chi connectivity index (χ1v) is 13.0. The number of hydrogen-bond donors (Lipinski definition) is 0. The third-order valence-corrected chi connectivity index (χ3v) is 11.3. The third-order valence-electron chi connectivity index (χ3n) is 5.73. The van der Waals surface area contributed by atoms with Crippen molar-refractivity contribution in [3.05, 3.63) is 24.3 Å². The molecule has 0 aromatic heterocycles. The summed E-state index contributed by atoms with van der Waals surface area (Å²) in [4.78, 5) is 0. The molecule has 0 bridgehead atoms. The summed E-state index contributed by atoms with van der Waals surface area (Å²) in [5.74, 6) is -0.824. The number of ether oxygens (including phenoxy) is 4. The lowest BCUT2D eigenvalue weighted by Gasteiger charge is -2.25. The lowest BCUT2D eigenvalue weighted by molar-refractivity contribution is -0.144. The molecule has 1 aromatic carbocycles. The van der Waals surface area contributed by atoms with Gasteiger partial charge in [0.15, 0.2) is 11.6 Å². The van der Waals surface area contributed by atoms with Crippen LogP contribution < -0.4 is 10.6 Å². The van der Waals surface area contributed by atoms with Crippen LogP contribution in [0.2, 0.25) is 0 Å². The van der Waals surface area contributed by atoms with E-state index in [4.69, 9.17) is 18.9 Å². The maximum atomic E-state index is 6.13. The molecule has 26 heavy (non-hydrogen) atoms. The van der Waals surface area contributed by atoms with Gasteiger partial charge in [0, 0.05) is 24.6 Å². The van der Waals surface area contributed by atoms with Gasteiger partial charge in [-0.1, -0.05) is 40.1 Å². The Kier molecular flexibility index (Phi) is 4.29. The molecule has 4 fully saturated rings. The van der Waals surface area contributed by atoms with Gasteiger partial charge in [-0.25, -0.2) is 0 Å². The van der Waals surface area contributed by atoms with E-state index < -0.39 is 11.6 Å². The molecule has 4 aliphatic heterocycles. The first-order chi connectivity index (χ1) is 12.3. The van der Waals surface area contributed by atoms with Gasteiger partial charge in [-0.2, -0.15) is 0 Å². The second-order valence-corrected chi connectivity index (χ2v) is 13.3. The predicted molar refractivity (Wildman–Crippen MR) is 107 cm³/mol. The highest BCUT2D eigenvalue weighted by Gasteiger charge is 2.50. The molecule has 4 saturated heterocycles. The standard InChI is InChI=1S/C20H28O4P2/c1-19(2)21-13-9-25(10-14(13)22-19)17-7-5-6-8-18(17)26-11-15-16(12-26)24-20(3,4)23-15/h5-8,13-16H,9-12H2,1-4H3/t13-,14-,15-,16-/m0/s1. The van der Waals surface area contributed by atoms with Gasteiger partial charge in [-0.05, 0) is 38.3 Å². The zero-order chi connectivity index (χ0) is 18.1. The summed E-state index contributed by atoms with van der Waals surface area (Å²) in [5, 5.41) is 3.15. The summed E-state index contributed by atoms with van der Waals surface area (Å²) in [6.07, 6.45) is 5.62. The molecule has 6 heteroatoms. The van der Waals surface area contributed by atoms with Crippen molar-refractivity contribution in [3.63, 3.8) is 0 Å². The molecule has 4 atom stereocenters. The van der Waals surface area contributed by atoms with E-state index in [0.717, 1.165) is 24.6 Å². The van der Waals surface area contributed by atoms with Crippen molar-refractivity contribution in [2.45, 2.75) is 63.7 Å². The van der Waals surface area contributed by atoms with Gasteiger partial charge in [-0.3, -0.25) is 0 Å². The molecule has 4 heterocycles. The molecule has 0 amide bonds. The van der Waals surface area contributed by atoms with E-state index in [1.54, 1.807) is 10.6 Å². The van der Waals surface area contributed by atoms with Crippen LogP contribution in [0.15, 0.2) is 24.3 Å². The molecule has 0 spiro atoms. The lowest BCUT2D eigenvalue weighted by atomic mass is 10.3. The van der Waals surface area contributed by atoms with Gasteiger partial charge in [-0.15, -0.1) is 0 Å². The van der Waals surface area contributed by atoms with Crippen LogP contribution in [0.5, 0.6) is 0 Å². The Hall–Kier alpha value is -0.0800. The van der Waals surface area contributed by atoms with Crippen LogP contribution in [0.25, 0.3) is 0 Å². The summed E-state index contributed by atoms with van der Waals surface area (Å²) < 4.78 is 24.5. The first-order valence-electron chi connectivity index (χ1n) is 9.60. The minimum Gasteiger partial charge on any atom is -0.344 e. The van der Waals surface area contributed by atoms with E-state index in [2.05, 4.69) is 24.3 Å². The van der Waals surface area contributed by atoms with Gasteiger partial charge in [0.1, 0.15) is 0 Å². The third kappa shape index (κ3) is 3.17. The normalized spacial score (nSPS) is 38.6. The van der Waals surface area contributed by atoms with E-state index in [0.29, 0.717) is 0 Å². The molecule has 0 radical (unpaired) electrons. The molecule has 0 aliphatic carbocycles. The molecule has 1 aromatic rings. The minimum atomic E-state index is -0.412. The average Bonchev–Trinajstić information content (AvgIpc) is 3.22. The Balaban J connectivity index is 1.34. The van der Waals surface area contributed by atoms with Crippen molar-refractivity contribution in [3.8, 4) is 0 Å². The van der Waals surface area contributed by atoms with Crippen LogP contribution >= 0.6 is 15.8 Å². The summed E-state index contributed by atoms with van der Waals surface area (Å²) in [6.45, 7) is 8.13. The monoisotopic (exact) mass is 394 g/mol. The molecule has 142 valence electrons. The van der Waals surface area contributed by atoms with E-state index in [1.165, 1.54) is 0 Å². The van der Waals surface area contributed by atoms with Gasteiger partial charge in [0.05, 0.1) is 24.4 Å². The molecule has 0 N–H and O–H groups in total. The summed E-state index contributed by atoms with van der Waals surface area (Å²) in [6, 6.07) is 9.11. The zero-order valence-electron chi connectivity index (χ0n) is 16.0. The van der Waals surface area contributed by atoms with Gasteiger partial charge < -0.3 is 18.9 Å². The highest BCUT2D eigenvalue weighted by atomic mass is 31.1. The fourth-order valence-electron chi connectivity index (χ4n) is 4.85. The van der Waals surface area contributed by atoms with Gasteiger partial charge in [0.25, 0.3) is 0 Å². The SMILES string of the molecule is CC1(C)O[C@H]2CP(c3ccccc3P3C[C@@H]4OC(C)(C)O[C@H]4C3)C[C@@H]2O1. The molecule has 0 saturated carbocycles. The quantitative estimate of drug-likeness (QED) is 0.723. The van der Waals surface area contributed by atoms with Crippen LogP contribution in [0.3, 0.4) is 0 Å². The summed E-state index contributed by atoms with van der Waals surface area (Å²) in [5.41, 5.74) is 0. The zero-order valence-corrected chi connectivity index (χ0v) is 17.8. The van der Waals surface area contributed by atoms with Crippen molar-refractivity contribution in [1.29, 1.82) is 0 Å². The van der Waals surface area contributed by atoms with E-state index in [-0.39, 0.29) is 40.3 Å². The van der Waals surface area contributed by atoms with E-state index in [1.807, 2.05) is 27.7 Å². The van der Waals surface area contributed by atoms with Crippen LogP contribution in [0.4, 0.5) is 0 Å². The summed E-state index contributed by atoms with van der Waals surface area (Å²) in [7, 11) is -0.402. The number of fused-ring (bicyclic) bond motifs is 2. The number of benzene rings is 1. The topological polar surface area (TPSA) is 36.9 Å². The Morgan fingerprint density at radius 2 is 0.962 bits per heavy atom. The molecule has 0 unspecified atom stereocenters. The Morgan fingerprint density at radius 3 is 1.27 bits per heavy atom. The molecule has 4 nitrogen and oxygen atoms in total. The van der Waals surface area contributed by atoms with E-state index in [9.17, 15) is 0 Å². The van der Waals surface area contributed by atoms with Gasteiger partial charge in [0.2, 0.25) is 0 Å². The molecule has 5 rings (SSSR count). The Morgan fingerprint density at radius 1 is 0.654 bits per heavy atom. The second kappa shape index (κ2) is 6.21. The lowest BCUT2D eigenvalue weighted by Crippen LogP contribution is -2.28. The van der Waals surface area contributed by atoms with Crippen LogP contribution in [0.1, 0.15) is 27.7 Å². The second-order valence-electron chi connectivity index (χ2n) is 8.72. The molecular formula is C20H28O4P2. The van der Waals surface area contributed by atoms with Gasteiger partial charge >= 0.3 is 0 Å². The smallest absolute Gasteiger partial charge is 0.163 e. The fourth-order valence-corrected chi connectivity index (χ4v) is 11.1. The van der Waals surface area contributed by atoms with E-state index >= 15 is 0 Å². The van der Waals surface area contributed by atoms with Crippen LogP contribution in [-0.4, -0.2) is 60.6 Å². The average molecular weight is 394 g/mol. The molecular weight excluding hydrogens is 366 g/mol. The highest BCUT2D eigenvalue weighted by molar-refractivity contribution is 7.72. The van der Waals surface area contributed by atoms with Crippen molar-refractivity contribution in [2.75, 3.05) is 24.6 Å². The van der Waals surface area contributed by atoms with Crippen LogP contribution in [-0.2, 0) is 18.9 Å². The van der Waals surface area contributed by atoms with Crippen molar-refractivity contribution in [2.24, 2.45) is 0 Å². The first kappa shape index (κ1) is 18.0. The van der Waals surface area contributed by atoms with Crippen molar-refractivity contribution >= 4 is 26.5 Å². The maximum Gasteiger partial charge on any atom is 0.163 e. The number of hydrogen-bond acceptors (Lipinski definition) is 4.